The lowest BCUT2D eigenvalue weighted by atomic mass is 10.0. The number of carbonyl (C=O) groups excluding carboxylic acids is 2. The molecule has 0 saturated heterocycles. The highest BCUT2D eigenvalue weighted by Gasteiger charge is 2.35. The highest BCUT2D eigenvalue weighted by molar-refractivity contribution is 7.92. The van der Waals surface area contributed by atoms with Crippen LogP contribution in [0, 0.1) is 6.92 Å². The van der Waals surface area contributed by atoms with Crippen molar-refractivity contribution in [1.82, 2.24) is 10.2 Å². The Balaban J connectivity index is 1.85. The summed E-state index contributed by atoms with van der Waals surface area (Å²) in [5, 5.41) is 3.65. The van der Waals surface area contributed by atoms with E-state index in [9.17, 15) is 18.0 Å². The van der Waals surface area contributed by atoms with Crippen molar-refractivity contribution in [3.05, 3.63) is 124 Å². The average Bonchev–Trinajstić information content (AvgIpc) is 3.04. The number of aryl methyl sites for hydroxylation is 1. The minimum absolute atomic E-state index is 0.00153. The summed E-state index contributed by atoms with van der Waals surface area (Å²) in [4.78, 5) is 29.7. The Bertz CT molecular complexity index is 1750. The monoisotopic (exact) mass is 681 g/mol. The van der Waals surface area contributed by atoms with Crippen molar-refractivity contribution in [2.24, 2.45) is 0 Å². The molecule has 4 aromatic carbocycles. The SMILES string of the molecule is CCCNC(=O)[C@@H](Cc1ccccc1)N(Cc1cccc(Cl)c1)C(=O)CN(c1cc(Cl)ccc1OC)S(=O)(=O)c1ccc(C)cc1. The second-order valence-corrected chi connectivity index (χ2v) is 13.5. The molecule has 0 spiro atoms. The Hall–Kier alpha value is -4.05. The predicted octanol–water partition coefficient (Wildman–Crippen LogP) is 6.67. The lowest BCUT2D eigenvalue weighted by Crippen LogP contribution is -2.53. The number of nitrogens with zero attached hydrogens (tertiary/aromatic N) is 2. The Morgan fingerprint density at radius 2 is 1.54 bits per heavy atom. The van der Waals surface area contributed by atoms with Gasteiger partial charge in [0.25, 0.3) is 10.0 Å². The molecule has 11 heteroatoms. The first-order chi connectivity index (χ1) is 22.0. The number of carbonyl (C=O) groups is 2. The molecule has 0 aliphatic carbocycles. The Labute approximate surface area is 280 Å². The number of anilines is 1. The summed E-state index contributed by atoms with van der Waals surface area (Å²) in [5.41, 5.74) is 2.47. The molecule has 0 saturated carbocycles. The molecule has 0 aromatic heterocycles. The van der Waals surface area contributed by atoms with Crippen molar-refractivity contribution in [3.8, 4) is 5.75 Å². The maximum absolute atomic E-state index is 14.6. The maximum atomic E-state index is 14.6. The normalized spacial score (nSPS) is 11.8. The Morgan fingerprint density at radius 1 is 0.870 bits per heavy atom. The number of benzene rings is 4. The summed E-state index contributed by atoms with van der Waals surface area (Å²) in [6.45, 7) is 3.56. The van der Waals surface area contributed by atoms with Crippen LogP contribution in [0.15, 0.2) is 102 Å². The largest absolute Gasteiger partial charge is 0.495 e. The summed E-state index contributed by atoms with van der Waals surface area (Å²) in [7, 11) is -2.91. The van der Waals surface area contributed by atoms with Gasteiger partial charge in [-0.25, -0.2) is 8.42 Å². The Kier molecular flexibility index (Phi) is 12.1. The highest BCUT2D eigenvalue weighted by Crippen LogP contribution is 2.35. The third-order valence-electron chi connectivity index (χ3n) is 7.36. The molecule has 4 rings (SSSR count). The molecule has 8 nitrogen and oxygen atoms in total. The van der Waals surface area contributed by atoms with E-state index < -0.39 is 28.5 Å². The molecule has 4 aromatic rings. The van der Waals surface area contributed by atoms with Crippen LogP contribution in [0.4, 0.5) is 5.69 Å². The molecule has 0 bridgehead atoms. The lowest BCUT2D eigenvalue weighted by molar-refractivity contribution is -0.140. The van der Waals surface area contributed by atoms with E-state index in [1.807, 2.05) is 44.2 Å². The van der Waals surface area contributed by atoms with Crippen molar-refractivity contribution in [2.45, 2.75) is 44.2 Å². The quantitative estimate of drug-likeness (QED) is 0.160. The van der Waals surface area contributed by atoms with Crippen molar-refractivity contribution in [1.29, 1.82) is 0 Å². The molecule has 0 aliphatic rings. The third-order valence-corrected chi connectivity index (χ3v) is 9.60. The molecule has 1 atom stereocenters. The fourth-order valence-corrected chi connectivity index (χ4v) is 6.76. The van der Waals surface area contributed by atoms with Gasteiger partial charge in [-0.3, -0.25) is 13.9 Å². The van der Waals surface area contributed by atoms with Crippen LogP contribution in [-0.4, -0.2) is 51.4 Å². The van der Waals surface area contributed by atoms with Gasteiger partial charge in [-0.1, -0.05) is 90.3 Å². The third kappa shape index (κ3) is 8.81. The minimum atomic E-state index is -4.32. The fraction of sp³-hybridized carbons (Fsp3) is 0.257. The van der Waals surface area contributed by atoms with E-state index in [4.69, 9.17) is 27.9 Å². The van der Waals surface area contributed by atoms with E-state index in [2.05, 4.69) is 5.32 Å². The summed E-state index contributed by atoms with van der Waals surface area (Å²) in [6, 6.07) is 26.3. The number of hydrogen-bond acceptors (Lipinski definition) is 5. The van der Waals surface area contributed by atoms with Gasteiger partial charge in [-0.05, 0) is 66.9 Å². The number of sulfonamides is 1. The first-order valence-electron chi connectivity index (χ1n) is 14.8. The minimum Gasteiger partial charge on any atom is -0.495 e. The summed E-state index contributed by atoms with van der Waals surface area (Å²) >= 11 is 12.7. The standard InChI is InChI=1S/C35H37Cl2N3O5S/c1-4-19-38-35(42)32(21-26-9-6-5-7-10-26)39(23-27-11-8-12-28(36)20-27)34(41)24-40(31-22-29(37)15-18-33(31)45-3)46(43,44)30-16-13-25(2)14-17-30/h5-18,20,22,32H,4,19,21,23-24H2,1-3H3,(H,38,42)/t32-/m1/s1. The van der Waals surface area contributed by atoms with Gasteiger partial charge >= 0.3 is 0 Å². The number of halogens is 2. The molecule has 0 radical (unpaired) electrons. The van der Waals surface area contributed by atoms with Gasteiger partial charge in [0.2, 0.25) is 11.8 Å². The first-order valence-corrected chi connectivity index (χ1v) is 17.0. The molecular weight excluding hydrogens is 645 g/mol. The van der Waals surface area contributed by atoms with Crippen LogP contribution < -0.4 is 14.4 Å². The predicted molar refractivity (Wildman–Crippen MR) is 183 cm³/mol. The van der Waals surface area contributed by atoms with Gasteiger partial charge in [0.15, 0.2) is 0 Å². The van der Waals surface area contributed by atoms with Crippen molar-refractivity contribution in [2.75, 3.05) is 24.5 Å². The van der Waals surface area contributed by atoms with Crippen molar-refractivity contribution < 1.29 is 22.7 Å². The molecule has 46 heavy (non-hydrogen) atoms. The van der Waals surface area contributed by atoms with E-state index >= 15 is 0 Å². The van der Waals surface area contributed by atoms with Crippen LogP contribution in [0.5, 0.6) is 5.75 Å². The van der Waals surface area contributed by atoms with Gasteiger partial charge in [-0.15, -0.1) is 0 Å². The molecule has 2 amide bonds. The smallest absolute Gasteiger partial charge is 0.264 e. The fourth-order valence-electron chi connectivity index (χ4n) is 4.96. The van der Waals surface area contributed by atoms with Crippen LogP contribution in [0.3, 0.4) is 0 Å². The van der Waals surface area contributed by atoms with Crippen LogP contribution in [0.1, 0.15) is 30.0 Å². The zero-order valence-corrected chi connectivity index (χ0v) is 28.3. The van der Waals surface area contributed by atoms with E-state index in [0.29, 0.717) is 23.6 Å². The zero-order chi connectivity index (χ0) is 33.3. The average molecular weight is 683 g/mol. The van der Waals surface area contributed by atoms with Gasteiger partial charge in [0.1, 0.15) is 18.3 Å². The molecule has 0 aliphatic heterocycles. The molecule has 0 fully saturated rings. The zero-order valence-electron chi connectivity index (χ0n) is 26.0. The van der Waals surface area contributed by atoms with Crippen LogP contribution in [0.25, 0.3) is 0 Å². The maximum Gasteiger partial charge on any atom is 0.264 e. The first kappa shape index (κ1) is 34.8. The summed E-state index contributed by atoms with van der Waals surface area (Å²) in [6.07, 6.45) is 0.900. The summed E-state index contributed by atoms with van der Waals surface area (Å²) < 4.78 is 35.1. The molecule has 0 unspecified atom stereocenters. The lowest BCUT2D eigenvalue weighted by Gasteiger charge is -2.34. The second kappa shape index (κ2) is 16.0. The number of rotatable bonds is 14. The van der Waals surface area contributed by atoms with Gasteiger partial charge in [0, 0.05) is 29.6 Å². The van der Waals surface area contributed by atoms with Crippen molar-refractivity contribution in [3.63, 3.8) is 0 Å². The van der Waals surface area contributed by atoms with E-state index in [0.717, 1.165) is 15.4 Å². The number of amides is 2. The number of methoxy groups -OCH3 is 1. The van der Waals surface area contributed by atoms with Gasteiger partial charge < -0.3 is 15.0 Å². The Morgan fingerprint density at radius 3 is 2.20 bits per heavy atom. The molecule has 1 N–H and O–H groups in total. The van der Waals surface area contributed by atoms with Gasteiger partial charge in [-0.2, -0.15) is 0 Å². The van der Waals surface area contributed by atoms with Crippen LogP contribution in [-0.2, 0) is 32.6 Å². The van der Waals surface area contributed by atoms with E-state index in [1.165, 1.54) is 30.2 Å². The second-order valence-electron chi connectivity index (χ2n) is 10.8. The van der Waals surface area contributed by atoms with E-state index in [1.54, 1.807) is 48.5 Å². The number of nitrogens with one attached hydrogen (secondary N) is 1. The van der Waals surface area contributed by atoms with Crippen molar-refractivity contribution >= 4 is 50.7 Å². The highest BCUT2D eigenvalue weighted by atomic mass is 35.5. The number of ether oxygens (including phenoxy) is 1. The van der Waals surface area contributed by atoms with Gasteiger partial charge in [0.05, 0.1) is 17.7 Å². The topological polar surface area (TPSA) is 96.0 Å². The van der Waals surface area contributed by atoms with E-state index in [-0.39, 0.29) is 40.2 Å². The summed E-state index contributed by atoms with van der Waals surface area (Å²) in [5.74, 6) is -0.754. The molecular formula is C35H37Cl2N3O5S. The van der Waals surface area contributed by atoms with Crippen LogP contribution >= 0.6 is 23.2 Å². The molecule has 0 heterocycles. The van der Waals surface area contributed by atoms with Crippen LogP contribution in [0.2, 0.25) is 10.0 Å². The number of hydrogen-bond donors (Lipinski definition) is 1. The molecule has 242 valence electrons.